The maximum Gasteiger partial charge on any atom is 0.355 e. The number of aryl methyl sites for hydroxylation is 1. The number of halogens is 1. The van der Waals surface area contributed by atoms with E-state index in [1.165, 1.54) is 48.2 Å². The number of methoxy groups -OCH3 is 2. The number of carbonyl (C=O) groups is 2. The number of nitrogens with two attached hydrogens (primary N) is 1. The van der Waals surface area contributed by atoms with Gasteiger partial charge in [0.05, 0.1) is 48.7 Å². The van der Waals surface area contributed by atoms with Crippen molar-refractivity contribution < 1.29 is 23.5 Å². The second-order valence-corrected chi connectivity index (χ2v) is 8.93. The summed E-state index contributed by atoms with van der Waals surface area (Å²) in [4.78, 5) is 29.3. The average molecular weight is 539 g/mol. The van der Waals surface area contributed by atoms with E-state index in [0.29, 0.717) is 33.5 Å². The molecule has 3 aromatic carbocycles. The van der Waals surface area contributed by atoms with Crippen molar-refractivity contribution in [3.63, 3.8) is 0 Å². The van der Waals surface area contributed by atoms with E-state index in [1.54, 1.807) is 49.4 Å². The number of hydrogen-bond acceptors (Lipinski definition) is 9. The van der Waals surface area contributed by atoms with Crippen molar-refractivity contribution in [3.05, 3.63) is 106 Å². The van der Waals surface area contributed by atoms with E-state index < -0.39 is 23.7 Å². The van der Waals surface area contributed by atoms with Crippen LogP contribution in [0.1, 0.15) is 17.0 Å². The average Bonchev–Trinajstić information content (AvgIpc) is 3.38. The Morgan fingerprint density at radius 1 is 0.975 bits per heavy atom. The van der Waals surface area contributed by atoms with Crippen LogP contribution in [0.4, 0.5) is 10.1 Å². The Bertz CT molecular complexity index is 1750. The van der Waals surface area contributed by atoms with Crippen LogP contribution in [0.2, 0.25) is 0 Å². The zero-order chi connectivity index (χ0) is 28.6. The Labute approximate surface area is 228 Å². The number of benzene rings is 3. The predicted molar refractivity (Wildman–Crippen MR) is 143 cm³/mol. The maximum absolute atomic E-state index is 13.4. The molecule has 1 aliphatic heterocycles. The molecule has 1 aliphatic rings. The molecular weight excluding hydrogens is 515 g/mol. The number of carbonyl (C=O) groups excluding carboxylic acids is 2. The number of nitriles is 1. The van der Waals surface area contributed by atoms with Crippen LogP contribution >= 0.6 is 0 Å². The summed E-state index contributed by atoms with van der Waals surface area (Å²) in [5.41, 5.74) is 9.41. The first-order chi connectivity index (χ1) is 19.3. The fourth-order valence-corrected chi connectivity index (χ4v) is 4.75. The lowest BCUT2D eigenvalue weighted by Gasteiger charge is -2.36. The first-order valence-corrected chi connectivity index (χ1v) is 12.1. The lowest BCUT2D eigenvalue weighted by molar-refractivity contribution is -0.139. The second-order valence-electron chi connectivity index (χ2n) is 8.93. The quantitative estimate of drug-likeness (QED) is 0.377. The summed E-state index contributed by atoms with van der Waals surface area (Å²) in [6.07, 6.45) is 0. The Balaban J connectivity index is 1.77. The molecule has 0 saturated heterocycles. The molecule has 10 nitrogen and oxygen atoms in total. The maximum atomic E-state index is 13.4. The standard InChI is InChI=1S/C29H23FN6O4/c1-16-13-21-22(34-36(33-21)19-11-9-18(30)10-12-19)14-23(16)35-26(29(38)40-3)25(28(37)39-2)24(20(15-31)27(35)32)17-7-5-4-6-8-17/h4-14,24H,32H2,1-3H3. The smallest absolute Gasteiger partial charge is 0.355 e. The Kier molecular flexibility index (Phi) is 6.75. The van der Waals surface area contributed by atoms with Gasteiger partial charge in [-0.2, -0.15) is 10.1 Å². The topological polar surface area (TPSA) is 136 Å². The minimum atomic E-state index is -0.979. The summed E-state index contributed by atoms with van der Waals surface area (Å²) in [6, 6.07) is 19.9. The van der Waals surface area contributed by atoms with Crippen molar-refractivity contribution in [2.45, 2.75) is 12.8 Å². The fraction of sp³-hybridized carbons (Fsp3) is 0.138. The second kappa shape index (κ2) is 10.3. The highest BCUT2D eigenvalue weighted by atomic mass is 19.1. The summed E-state index contributed by atoms with van der Waals surface area (Å²) in [7, 11) is 2.37. The van der Waals surface area contributed by atoms with Crippen LogP contribution in [0.3, 0.4) is 0 Å². The summed E-state index contributed by atoms with van der Waals surface area (Å²) in [6.45, 7) is 1.76. The third-order valence-corrected chi connectivity index (χ3v) is 6.61. The van der Waals surface area contributed by atoms with E-state index in [0.717, 1.165) is 0 Å². The van der Waals surface area contributed by atoms with Gasteiger partial charge in [-0.1, -0.05) is 30.3 Å². The highest BCUT2D eigenvalue weighted by Crippen LogP contribution is 2.44. The monoisotopic (exact) mass is 538 g/mol. The lowest BCUT2D eigenvalue weighted by atomic mass is 9.80. The van der Waals surface area contributed by atoms with Gasteiger partial charge in [-0.25, -0.2) is 14.0 Å². The molecule has 0 bridgehead atoms. The molecule has 0 spiro atoms. The molecule has 200 valence electrons. The summed E-state index contributed by atoms with van der Waals surface area (Å²) >= 11 is 0. The molecule has 0 fully saturated rings. The minimum absolute atomic E-state index is 0.0497. The van der Waals surface area contributed by atoms with Crippen molar-refractivity contribution in [2.24, 2.45) is 5.73 Å². The van der Waals surface area contributed by atoms with Crippen molar-refractivity contribution in [2.75, 3.05) is 19.1 Å². The number of anilines is 1. The van der Waals surface area contributed by atoms with E-state index in [2.05, 4.69) is 16.3 Å². The van der Waals surface area contributed by atoms with Gasteiger partial charge in [-0.05, 0) is 54.4 Å². The number of ether oxygens (including phenoxy) is 2. The molecule has 2 heterocycles. The van der Waals surface area contributed by atoms with Crippen LogP contribution < -0.4 is 10.6 Å². The van der Waals surface area contributed by atoms with Crippen LogP contribution in [-0.4, -0.2) is 41.2 Å². The van der Waals surface area contributed by atoms with Gasteiger partial charge in [0.25, 0.3) is 0 Å². The SMILES string of the molecule is COC(=O)C1=C(C(=O)OC)N(c2cc3nn(-c4ccc(F)cc4)nc3cc2C)C(N)=C(C#N)C1c1ccccc1. The van der Waals surface area contributed by atoms with Crippen LogP contribution in [0.15, 0.2) is 89.4 Å². The molecule has 0 saturated carbocycles. The molecule has 40 heavy (non-hydrogen) atoms. The first-order valence-electron chi connectivity index (χ1n) is 12.1. The van der Waals surface area contributed by atoms with Gasteiger partial charge in [0.15, 0.2) is 0 Å². The number of fused-ring (bicyclic) bond motifs is 1. The lowest BCUT2D eigenvalue weighted by Crippen LogP contribution is -2.41. The summed E-state index contributed by atoms with van der Waals surface area (Å²) < 4.78 is 23.6. The van der Waals surface area contributed by atoms with E-state index in [1.807, 2.05) is 0 Å². The number of hydrogen-bond donors (Lipinski definition) is 1. The van der Waals surface area contributed by atoms with E-state index >= 15 is 0 Å². The zero-order valence-corrected chi connectivity index (χ0v) is 21.8. The largest absolute Gasteiger partial charge is 0.466 e. The Morgan fingerprint density at radius 3 is 2.20 bits per heavy atom. The molecule has 0 aliphatic carbocycles. The van der Waals surface area contributed by atoms with Gasteiger partial charge in [0.1, 0.15) is 28.4 Å². The molecular formula is C29H23FN6O4. The van der Waals surface area contributed by atoms with E-state index in [4.69, 9.17) is 15.2 Å². The van der Waals surface area contributed by atoms with Crippen LogP contribution in [0.25, 0.3) is 16.7 Å². The molecule has 2 N–H and O–H groups in total. The summed E-state index contributed by atoms with van der Waals surface area (Å²) in [5.74, 6) is -3.10. The van der Waals surface area contributed by atoms with Crippen molar-refractivity contribution in [3.8, 4) is 11.8 Å². The van der Waals surface area contributed by atoms with E-state index in [9.17, 15) is 19.2 Å². The van der Waals surface area contributed by atoms with Gasteiger partial charge in [0, 0.05) is 0 Å². The Morgan fingerprint density at radius 2 is 1.60 bits per heavy atom. The predicted octanol–water partition coefficient (Wildman–Crippen LogP) is 3.77. The van der Waals surface area contributed by atoms with Gasteiger partial charge in [0.2, 0.25) is 0 Å². The molecule has 1 unspecified atom stereocenters. The third-order valence-electron chi connectivity index (χ3n) is 6.61. The molecule has 4 aromatic rings. The van der Waals surface area contributed by atoms with Gasteiger partial charge >= 0.3 is 11.9 Å². The molecule has 1 atom stereocenters. The van der Waals surface area contributed by atoms with Crippen molar-refractivity contribution in [1.82, 2.24) is 15.0 Å². The highest BCUT2D eigenvalue weighted by Gasteiger charge is 2.43. The number of allylic oxidation sites excluding steroid dienone is 1. The number of rotatable bonds is 5. The molecule has 1 aromatic heterocycles. The minimum Gasteiger partial charge on any atom is -0.466 e. The number of aromatic nitrogens is 3. The Hall–Kier alpha value is -5.50. The number of esters is 2. The van der Waals surface area contributed by atoms with E-state index in [-0.39, 0.29) is 22.7 Å². The van der Waals surface area contributed by atoms with Crippen LogP contribution in [-0.2, 0) is 19.1 Å². The third kappa shape index (κ3) is 4.31. The molecule has 11 heteroatoms. The number of nitrogens with zero attached hydrogens (tertiary/aromatic N) is 5. The van der Waals surface area contributed by atoms with Gasteiger partial charge in [-0.15, -0.1) is 10.2 Å². The van der Waals surface area contributed by atoms with Crippen molar-refractivity contribution >= 4 is 28.7 Å². The van der Waals surface area contributed by atoms with Gasteiger partial charge in [-0.3, -0.25) is 4.90 Å². The highest BCUT2D eigenvalue weighted by molar-refractivity contribution is 6.07. The van der Waals surface area contributed by atoms with Crippen LogP contribution in [0.5, 0.6) is 0 Å². The molecule has 5 rings (SSSR count). The molecule has 0 amide bonds. The first kappa shape index (κ1) is 26.1. The molecule has 0 radical (unpaired) electrons. The summed E-state index contributed by atoms with van der Waals surface area (Å²) in [5, 5.41) is 19.2. The van der Waals surface area contributed by atoms with Crippen LogP contribution in [0, 0.1) is 24.1 Å². The fourth-order valence-electron chi connectivity index (χ4n) is 4.75. The zero-order valence-electron chi connectivity index (χ0n) is 21.8. The van der Waals surface area contributed by atoms with Crippen molar-refractivity contribution in [1.29, 1.82) is 5.26 Å². The normalized spacial score (nSPS) is 15.3. The van der Waals surface area contributed by atoms with Gasteiger partial charge < -0.3 is 15.2 Å².